The first-order valence-electron chi connectivity index (χ1n) is 6.00. The summed E-state index contributed by atoms with van der Waals surface area (Å²) in [6.45, 7) is 5.87. The number of aliphatic hydroxyl groups is 1. The van der Waals surface area contributed by atoms with Gasteiger partial charge < -0.3 is 5.11 Å². The summed E-state index contributed by atoms with van der Waals surface area (Å²) in [6.07, 6.45) is 3.64. The molecule has 5 nitrogen and oxygen atoms in total. The Labute approximate surface area is 102 Å². The third-order valence-corrected chi connectivity index (χ3v) is 3.29. The zero-order valence-corrected chi connectivity index (χ0v) is 10.5. The van der Waals surface area contributed by atoms with Gasteiger partial charge in [0.2, 0.25) is 0 Å². The van der Waals surface area contributed by atoms with Crippen molar-refractivity contribution >= 4 is 0 Å². The van der Waals surface area contributed by atoms with Crippen LogP contribution in [-0.2, 0) is 6.54 Å². The molecule has 94 valence electrons. The third-order valence-electron chi connectivity index (χ3n) is 3.29. The molecule has 1 unspecified atom stereocenters. The van der Waals surface area contributed by atoms with Crippen LogP contribution in [-0.4, -0.2) is 64.2 Å². The maximum absolute atomic E-state index is 9.29. The molecule has 2 heterocycles. The number of aliphatic hydroxyl groups excluding tert-OH is 1. The lowest BCUT2D eigenvalue weighted by atomic mass is 10.2. The minimum atomic E-state index is 0.215. The van der Waals surface area contributed by atoms with Gasteiger partial charge >= 0.3 is 0 Å². The first-order valence-corrected chi connectivity index (χ1v) is 6.00. The second-order valence-corrected chi connectivity index (χ2v) is 4.70. The SMILES string of the molecule is Cc1cnc(CN2CCN(C)C(CO)C2)cn1. The van der Waals surface area contributed by atoms with Gasteiger partial charge in [-0.1, -0.05) is 0 Å². The minimum Gasteiger partial charge on any atom is -0.395 e. The van der Waals surface area contributed by atoms with E-state index in [0.717, 1.165) is 37.6 Å². The van der Waals surface area contributed by atoms with Crippen LogP contribution in [0.4, 0.5) is 0 Å². The van der Waals surface area contributed by atoms with Crippen molar-refractivity contribution in [3.05, 3.63) is 23.8 Å². The van der Waals surface area contributed by atoms with Crippen LogP contribution >= 0.6 is 0 Å². The topological polar surface area (TPSA) is 52.5 Å². The minimum absolute atomic E-state index is 0.215. The molecule has 1 aliphatic rings. The van der Waals surface area contributed by atoms with Gasteiger partial charge in [0, 0.05) is 44.6 Å². The van der Waals surface area contributed by atoms with Crippen molar-refractivity contribution < 1.29 is 5.11 Å². The summed E-state index contributed by atoms with van der Waals surface area (Å²) in [6, 6.07) is 0.238. The van der Waals surface area contributed by atoms with E-state index in [4.69, 9.17) is 0 Å². The molecule has 1 aliphatic heterocycles. The van der Waals surface area contributed by atoms with Gasteiger partial charge in [-0.25, -0.2) is 0 Å². The quantitative estimate of drug-likeness (QED) is 0.794. The van der Waals surface area contributed by atoms with Crippen LogP contribution in [0, 0.1) is 6.92 Å². The standard InChI is InChI=1S/C12H20N4O/c1-10-5-14-11(6-13-10)7-16-4-3-15(2)12(8-16)9-17/h5-6,12,17H,3-4,7-9H2,1-2H3. The van der Waals surface area contributed by atoms with E-state index < -0.39 is 0 Å². The van der Waals surface area contributed by atoms with E-state index in [1.54, 1.807) is 6.20 Å². The molecule has 0 aromatic carbocycles. The molecular weight excluding hydrogens is 216 g/mol. The highest BCUT2D eigenvalue weighted by atomic mass is 16.3. The lowest BCUT2D eigenvalue weighted by Gasteiger charge is -2.38. The number of aromatic nitrogens is 2. The Bertz CT molecular complexity index is 354. The highest BCUT2D eigenvalue weighted by Gasteiger charge is 2.23. The van der Waals surface area contributed by atoms with Crippen molar-refractivity contribution in [3.63, 3.8) is 0 Å². The van der Waals surface area contributed by atoms with Gasteiger partial charge in [-0.3, -0.25) is 19.8 Å². The Morgan fingerprint density at radius 2 is 2.18 bits per heavy atom. The summed E-state index contributed by atoms with van der Waals surface area (Å²) in [5.74, 6) is 0. The lowest BCUT2D eigenvalue weighted by molar-refractivity contribution is 0.0533. The van der Waals surface area contributed by atoms with Gasteiger partial charge in [0.25, 0.3) is 0 Å². The van der Waals surface area contributed by atoms with Crippen molar-refractivity contribution in [3.8, 4) is 0 Å². The summed E-state index contributed by atoms with van der Waals surface area (Å²) in [5, 5.41) is 9.29. The molecule has 1 aromatic heterocycles. The van der Waals surface area contributed by atoms with Crippen LogP contribution in [0.2, 0.25) is 0 Å². The Morgan fingerprint density at radius 3 is 2.82 bits per heavy atom. The molecular formula is C12H20N4O. The van der Waals surface area contributed by atoms with Gasteiger partial charge in [0.05, 0.1) is 18.0 Å². The molecule has 0 aliphatic carbocycles. The van der Waals surface area contributed by atoms with Gasteiger partial charge in [-0.05, 0) is 14.0 Å². The number of likely N-dealkylation sites (N-methyl/N-ethyl adjacent to an activating group) is 1. The normalized spacial score (nSPS) is 22.9. The number of nitrogens with zero attached hydrogens (tertiary/aromatic N) is 4. The fourth-order valence-corrected chi connectivity index (χ4v) is 2.08. The molecule has 2 rings (SSSR count). The molecule has 0 radical (unpaired) electrons. The molecule has 0 bridgehead atoms. The average molecular weight is 236 g/mol. The zero-order chi connectivity index (χ0) is 12.3. The van der Waals surface area contributed by atoms with Crippen molar-refractivity contribution in [1.82, 2.24) is 19.8 Å². The van der Waals surface area contributed by atoms with Crippen molar-refractivity contribution in [2.24, 2.45) is 0 Å². The van der Waals surface area contributed by atoms with Crippen molar-refractivity contribution in [1.29, 1.82) is 0 Å². The molecule has 0 amide bonds. The molecule has 17 heavy (non-hydrogen) atoms. The predicted molar refractivity (Wildman–Crippen MR) is 65.5 cm³/mol. The van der Waals surface area contributed by atoms with Crippen LogP contribution in [0.25, 0.3) is 0 Å². The van der Waals surface area contributed by atoms with E-state index in [0.29, 0.717) is 0 Å². The number of rotatable bonds is 3. The summed E-state index contributed by atoms with van der Waals surface area (Å²) in [4.78, 5) is 13.1. The van der Waals surface area contributed by atoms with E-state index in [9.17, 15) is 5.11 Å². The Hall–Kier alpha value is -1.04. The van der Waals surface area contributed by atoms with Gasteiger partial charge in [0.15, 0.2) is 0 Å². The first kappa shape index (κ1) is 12.4. The highest BCUT2D eigenvalue weighted by Crippen LogP contribution is 2.10. The largest absolute Gasteiger partial charge is 0.395 e. The highest BCUT2D eigenvalue weighted by molar-refractivity contribution is 5.01. The maximum atomic E-state index is 9.29. The summed E-state index contributed by atoms with van der Waals surface area (Å²) in [7, 11) is 2.06. The fraction of sp³-hybridized carbons (Fsp3) is 0.667. The van der Waals surface area contributed by atoms with E-state index >= 15 is 0 Å². The van der Waals surface area contributed by atoms with Crippen LogP contribution in [0.3, 0.4) is 0 Å². The molecule has 1 atom stereocenters. The zero-order valence-electron chi connectivity index (χ0n) is 10.5. The summed E-state index contributed by atoms with van der Waals surface area (Å²) in [5.41, 5.74) is 1.94. The maximum Gasteiger partial charge on any atom is 0.0727 e. The van der Waals surface area contributed by atoms with Crippen LogP contribution < -0.4 is 0 Å². The van der Waals surface area contributed by atoms with Gasteiger partial charge in [-0.15, -0.1) is 0 Å². The fourth-order valence-electron chi connectivity index (χ4n) is 2.08. The van der Waals surface area contributed by atoms with Gasteiger partial charge in [0.1, 0.15) is 0 Å². The van der Waals surface area contributed by atoms with Crippen LogP contribution in [0.15, 0.2) is 12.4 Å². The number of piperazine rings is 1. The molecule has 1 fully saturated rings. The smallest absolute Gasteiger partial charge is 0.0727 e. The van der Waals surface area contributed by atoms with E-state index in [2.05, 4.69) is 26.8 Å². The summed E-state index contributed by atoms with van der Waals surface area (Å²) < 4.78 is 0. The van der Waals surface area contributed by atoms with Crippen LogP contribution in [0.5, 0.6) is 0 Å². The predicted octanol–water partition coefficient (Wildman–Crippen LogP) is -0.107. The number of aryl methyl sites for hydroxylation is 1. The van der Waals surface area contributed by atoms with E-state index in [-0.39, 0.29) is 12.6 Å². The molecule has 0 spiro atoms. The monoisotopic (exact) mass is 236 g/mol. The third kappa shape index (κ3) is 3.21. The van der Waals surface area contributed by atoms with Crippen LogP contribution in [0.1, 0.15) is 11.4 Å². The Balaban J connectivity index is 1.93. The number of hydrogen-bond donors (Lipinski definition) is 1. The first-order chi connectivity index (χ1) is 8.19. The molecule has 0 saturated carbocycles. The Morgan fingerprint density at radius 1 is 1.35 bits per heavy atom. The summed E-state index contributed by atoms with van der Waals surface area (Å²) >= 11 is 0. The lowest BCUT2D eigenvalue weighted by Crippen LogP contribution is -2.52. The van der Waals surface area contributed by atoms with Crippen molar-refractivity contribution in [2.75, 3.05) is 33.3 Å². The number of hydrogen-bond acceptors (Lipinski definition) is 5. The Kier molecular flexibility index (Phi) is 4.04. The second kappa shape index (κ2) is 5.53. The molecule has 1 N–H and O–H groups in total. The van der Waals surface area contributed by atoms with Crippen molar-refractivity contribution in [2.45, 2.75) is 19.5 Å². The molecule has 1 saturated heterocycles. The molecule has 5 heteroatoms. The molecule has 1 aromatic rings. The van der Waals surface area contributed by atoms with E-state index in [1.165, 1.54) is 0 Å². The van der Waals surface area contributed by atoms with E-state index in [1.807, 2.05) is 13.1 Å². The average Bonchev–Trinajstić information content (AvgIpc) is 2.34. The second-order valence-electron chi connectivity index (χ2n) is 4.70. The van der Waals surface area contributed by atoms with Gasteiger partial charge in [-0.2, -0.15) is 0 Å².